The summed E-state index contributed by atoms with van der Waals surface area (Å²) in [6.07, 6.45) is 2.42. The van der Waals surface area contributed by atoms with Gasteiger partial charge in [0.15, 0.2) is 0 Å². The van der Waals surface area contributed by atoms with E-state index >= 15 is 0 Å². The van der Waals surface area contributed by atoms with Crippen molar-refractivity contribution in [1.29, 1.82) is 0 Å². The van der Waals surface area contributed by atoms with E-state index in [1.165, 1.54) is 4.31 Å². The fraction of sp³-hybridized carbons (Fsp3) is 0.409. The lowest BCUT2D eigenvalue weighted by atomic mass is 9.96. The van der Waals surface area contributed by atoms with Crippen molar-refractivity contribution >= 4 is 16.0 Å². The van der Waals surface area contributed by atoms with E-state index in [4.69, 9.17) is 0 Å². The summed E-state index contributed by atoms with van der Waals surface area (Å²) in [5, 5.41) is 13.4. The molecule has 1 aliphatic rings. The molecule has 0 spiro atoms. The van der Waals surface area contributed by atoms with E-state index in [-0.39, 0.29) is 11.3 Å². The highest BCUT2D eigenvalue weighted by Gasteiger charge is 2.48. The molecule has 1 fully saturated rings. The predicted molar refractivity (Wildman–Crippen MR) is 112 cm³/mol. The number of hydrogen-bond acceptors (Lipinski definition) is 4. The van der Waals surface area contributed by atoms with Gasteiger partial charge in [0.05, 0.1) is 10.6 Å². The molecule has 0 radical (unpaired) electrons. The van der Waals surface area contributed by atoms with Gasteiger partial charge in [-0.05, 0) is 63.8 Å². The highest BCUT2D eigenvalue weighted by molar-refractivity contribution is 7.89. The number of aliphatic carboxylic acids is 1. The molecule has 156 valence electrons. The molecule has 2 aromatic carbocycles. The van der Waals surface area contributed by atoms with Crippen molar-refractivity contribution in [1.82, 2.24) is 9.62 Å². The number of carboxylic acid groups (broad SMARTS) is 1. The zero-order chi connectivity index (χ0) is 21.1. The van der Waals surface area contributed by atoms with Crippen LogP contribution in [0.2, 0.25) is 0 Å². The Balaban J connectivity index is 2.10. The van der Waals surface area contributed by atoms with E-state index in [1.54, 1.807) is 31.2 Å². The van der Waals surface area contributed by atoms with Gasteiger partial charge in [0.2, 0.25) is 10.0 Å². The van der Waals surface area contributed by atoms with Crippen molar-refractivity contribution in [3.63, 3.8) is 0 Å². The summed E-state index contributed by atoms with van der Waals surface area (Å²) in [5.41, 5.74) is 0.750. The zero-order valence-electron chi connectivity index (χ0n) is 16.8. The van der Waals surface area contributed by atoms with Gasteiger partial charge in [0, 0.05) is 0 Å². The molecule has 0 bridgehead atoms. The molecule has 0 amide bonds. The van der Waals surface area contributed by atoms with Crippen LogP contribution in [0.1, 0.15) is 37.3 Å². The second-order valence-electron chi connectivity index (χ2n) is 7.82. The summed E-state index contributed by atoms with van der Waals surface area (Å²) in [4.78, 5) is 12.4. The average Bonchev–Trinajstić information content (AvgIpc) is 2.69. The van der Waals surface area contributed by atoms with Gasteiger partial charge in [-0.3, -0.25) is 10.1 Å². The van der Waals surface area contributed by atoms with E-state index in [1.807, 2.05) is 37.3 Å². The van der Waals surface area contributed by atoms with E-state index in [0.29, 0.717) is 13.0 Å². The molecule has 1 unspecified atom stereocenters. The van der Waals surface area contributed by atoms with Gasteiger partial charge in [0.25, 0.3) is 0 Å². The SMILES string of the molecule is Cc1ccc(S(=O)(=O)N([C@@H](Cc2ccccc2)C(=O)O)C2(C)CCCCN2)cc1. The summed E-state index contributed by atoms with van der Waals surface area (Å²) in [6, 6.07) is 14.5. The van der Waals surface area contributed by atoms with Crippen LogP contribution in [0.15, 0.2) is 59.5 Å². The van der Waals surface area contributed by atoms with Crippen molar-refractivity contribution in [3.05, 3.63) is 65.7 Å². The van der Waals surface area contributed by atoms with Crippen molar-refractivity contribution in [2.24, 2.45) is 0 Å². The van der Waals surface area contributed by atoms with Gasteiger partial charge >= 0.3 is 5.97 Å². The van der Waals surface area contributed by atoms with Crippen molar-refractivity contribution in [2.45, 2.75) is 56.1 Å². The number of carbonyl (C=O) groups is 1. The number of sulfonamides is 1. The van der Waals surface area contributed by atoms with Crippen LogP contribution in [0.5, 0.6) is 0 Å². The quantitative estimate of drug-likeness (QED) is 0.724. The van der Waals surface area contributed by atoms with Gasteiger partial charge < -0.3 is 5.11 Å². The first kappa shape index (κ1) is 21.5. The number of aryl methyl sites for hydroxylation is 1. The second kappa shape index (κ2) is 8.65. The molecule has 2 atom stereocenters. The number of rotatable bonds is 7. The number of hydrogen-bond donors (Lipinski definition) is 2. The first-order valence-corrected chi connectivity index (χ1v) is 11.3. The smallest absolute Gasteiger partial charge is 0.322 e. The Kier molecular flexibility index (Phi) is 6.41. The molecule has 0 saturated carbocycles. The predicted octanol–water partition coefficient (Wildman–Crippen LogP) is 3.17. The van der Waals surface area contributed by atoms with Crippen LogP contribution >= 0.6 is 0 Å². The molecule has 2 N–H and O–H groups in total. The van der Waals surface area contributed by atoms with Crippen LogP contribution in [0.3, 0.4) is 0 Å². The van der Waals surface area contributed by atoms with Crippen molar-refractivity contribution < 1.29 is 18.3 Å². The van der Waals surface area contributed by atoms with Crippen molar-refractivity contribution in [2.75, 3.05) is 6.54 Å². The van der Waals surface area contributed by atoms with E-state index in [9.17, 15) is 18.3 Å². The summed E-state index contributed by atoms with van der Waals surface area (Å²) in [7, 11) is -4.05. The minimum Gasteiger partial charge on any atom is -0.480 e. The minimum absolute atomic E-state index is 0.0958. The third-order valence-corrected chi connectivity index (χ3v) is 7.54. The van der Waals surface area contributed by atoms with Crippen LogP contribution in [-0.4, -0.2) is 42.0 Å². The first-order chi connectivity index (χ1) is 13.7. The Morgan fingerprint density at radius 2 is 1.79 bits per heavy atom. The average molecular weight is 417 g/mol. The lowest BCUT2D eigenvalue weighted by molar-refractivity contribution is -0.143. The molecule has 0 aliphatic carbocycles. The van der Waals surface area contributed by atoms with Crippen LogP contribution in [0.4, 0.5) is 0 Å². The minimum atomic E-state index is -4.05. The lowest BCUT2D eigenvalue weighted by Crippen LogP contribution is -2.65. The molecular weight excluding hydrogens is 388 g/mol. The molecule has 1 saturated heterocycles. The maximum absolute atomic E-state index is 13.7. The van der Waals surface area contributed by atoms with Crippen LogP contribution in [-0.2, 0) is 21.2 Å². The molecule has 3 rings (SSSR count). The second-order valence-corrected chi connectivity index (χ2v) is 9.63. The van der Waals surface area contributed by atoms with Gasteiger partial charge in [0.1, 0.15) is 6.04 Å². The topological polar surface area (TPSA) is 86.7 Å². The molecule has 29 heavy (non-hydrogen) atoms. The normalized spacial score (nSPS) is 21.1. The molecular formula is C22H28N2O4S. The third-order valence-electron chi connectivity index (χ3n) is 5.50. The van der Waals surface area contributed by atoms with E-state index in [0.717, 1.165) is 24.0 Å². The fourth-order valence-electron chi connectivity index (χ4n) is 3.94. The molecule has 6 nitrogen and oxygen atoms in total. The number of benzene rings is 2. The molecule has 2 aromatic rings. The molecule has 0 aromatic heterocycles. The number of carboxylic acids is 1. The Hall–Kier alpha value is -2.22. The lowest BCUT2D eigenvalue weighted by Gasteiger charge is -2.46. The summed E-state index contributed by atoms with van der Waals surface area (Å²) in [6.45, 7) is 4.32. The monoisotopic (exact) mass is 416 g/mol. The largest absolute Gasteiger partial charge is 0.480 e. The summed E-state index contributed by atoms with van der Waals surface area (Å²) in [5.74, 6) is -1.15. The number of nitrogens with zero attached hydrogens (tertiary/aromatic N) is 1. The molecule has 1 aliphatic heterocycles. The number of piperidine rings is 1. The van der Waals surface area contributed by atoms with E-state index in [2.05, 4.69) is 5.32 Å². The maximum Gasteiger partial charge on any atom is 0.322 e. The molecule has 1 heterocycles. The molecule has 7 heteroatoms. The van der Waals surface area contributed by atoms with Gasteiger partial charge in [-0.15, -0.1) is 0 Å². The Labute approximate surface area is 172 Å². The Morgan fingerprint density at radius 1 is 1.14 bits per heavy atom. The standard InChI is InChI=1S/C22H28N2O4S/c1-17-10-12-19(13-11-17)29(27,28)24(22(2)14-6-7-15-23-22)20(21(25)26)16-18-8-4-3-5-9-18/h3-5,8-13,20,23H,6-7,14-16H2,1-2H3,(H,25,26)/t20-,22?/m0/s1. The van der Waals surface area contributed by atoms with E-state index < -0.39 is 27.7 Å². The number of nitrogens with one attached hydrogen (secondary N) is 1. The third kappa shape index (κ3) is 4.69. The van der Waals surface area contributed by atoms with Crippen molar-refractivity contribution in [3.8, 4) is 0 Å². The van der Waals surface area contributed by atoms with Crippen LogP contribution in [0, 0.1) is 6.92 Å². The first-order valence-electron chi connectivity index (χ1n) is 9.87. The highest BCUT2D eigenvalue weighted by Crippen LogP contribution is 2.33. The van der Waals surface area contributed by atoms with Crippen LogP contribution < -0.4 is 5.32 Å². The maximum atomic E-state index is 13.7. The Bertz CT molecular complexity index is 937. The van der Waals surface area contributed by atoms with Gasteiger partial charge in [-0.25, -0.2) is 8.42 Å². The Morgan fingerprint density at radius 3 is 2.34 bits per heavy atom. The van der Waals surface area contributed by atoms with Gasteiger partial charge in [-0.2, -0.15) is 4.31 Å². The summed E-state index contributed by atoms with van der Waals surface area (Å²) >= 11 is 0. The highest BCUT2D eigenvalue weighted by atomic mass is 32.2. The zero-order valence-corrected chi connectivity index (χ0v) is 17.7. The van der Waals surface area contributed by atoms with Crippen LogP contribution in [0.25, 0.3) is 0 Å². The fourth-order valence-corrected chi connectivity index (χ4v) is 5.83. The van der Waals surface area contributed by atoms with Gasteiger partial charge in [-0.1, -0.05) is 48.0 Å². The summed E-state index contributed by atoms with van der Waals surface area (Å²) < 4.78 is 28.6.